The van der Waals surface area contributed by atoms with Crippen LogP contribution >= 0.6 is 0 Å². The van der Waals surface area contributed by atoms with E-state index in [-0.39, 0.29) is 5.92 Å². The molecule has 3 rings (SSSR count). The molecule has 0 aromatic heterocycles. The third-order valence-electron chi connectivity index (χ3n) is 5.14. The Morgan fingerprint density at radius 1 is 1.21 bits per heavy atom. The highest BCUT2D eigenvalue weighted by Crippen LogP contribution is 2.27. The van der Waals surface area contributed by atoms with Gasteiger partial charge in [-0.2, -0.15) is 0 Å². The molecule has 3 fully saturated rings. The van der Waals surface area contributed by atoms with Crippen LogP contribution in [0.3, 0.4) is 0 Å². The summed E-state index contributed by atoms with van der Waals surface area (Å²) in [5, 5.41) is 3.41. The average molecular weight is 265 g/mol. The number of hydrogen-bond donors (Lipinski definition) is 1. The summed E-state index contributed by atoms with van der Waals surface area (Å²) in [4.78, 5) is 17.5. The fraction of sp³-hybridized carbons (Fsp3) is 0.933. The minimum atomic E-state index is 0.208. The predicted molar refractivity (Wildman–Crippen MR) is 75.9 cm³/mol. The molecule has 0 aliphatic carbocycles. The number of piperazine rings is 1. The van der Waals surface area contributed by atoms with Crippen molar-refractivity contribution in [3.8, 4) is 0 Å². The molecule has 1 N–H and O–H groups in total. The monoisotopic (exact) mass is 265 g/mol. The molecule has 4 unspecified atom stereocenters. The van der Waals surface area contributed by atoms with Crippen molar-refractivity contribution >= 4 is 5.91 Å². The molecule has 0 spiro atoms. The lowest BCUT2D eigenvalue weighted by atomic mass is 9.90. The summed E-state index contributed by atoms with van der Waals surface area (Å²) in [7, 11) is 0. The number of fused-ring (bicyclic) bond motifs is 1. The fourth-order valence-corrected chi connectivity index (χ4v) is 4.07. The first-order chi connectivity index (χ1) is 9.15. The SMILES string of the molecule is CC1CNCC(C(=O)N2CC3CCCN3CC2C)C1. The van der Waals surface area contributed by atoms with Gasteiger partial charge in [-0.25, -0.2) is 0 Å². The zero-order valence-electron chi connectivity index (χ0n) is 12.3. The van der Waals surface area contributed by atoms with Gasteiger partial charge in [0, 0.05) is 31.7 Å². The quantitative estimate of drug-likeness (QED) is 0.766. The van der Waals surface area contributed by atoms with Crippen LogP contribution in [0.5, 0.6) is 0 Å². The molecule has 0 aromatic rings. The molecular formula is C15H27N3O. The van der Waals surface area contributed by atoms with E-state index in [2.05, 4.69) is 29.0 Å². The normalized spacial score (nSPS) is 40.2. The van der Waals surface area contributed by atoms with Gasteiger partial charge in [0.05, 0.1) is 5.92 Å². The van der Waals surface area contributed by atoms with Crippen molar-refractivity contribution in [2.75, 3.05) is 32.7 Å². The van der Waals surface area contributed by atoms with Gasteiger partial charge in [0.1, 0.15) is 0 Å². The van der Waals surface area contributed by atoms with Crippen molar-refractivity contribution in [2.24, 2.45) is 11.8 Å². The first-order valence-electron chi connectivity index (χ1n) is 7.90. The minimum absolute atomic E-state index is 0.208. The Morgan fingerprint density at radius 3 is 2.84 bits per heavy atom. The highest BCUT2D eigenvalue weighted by atomic mass is 16.2. The van der Waals surface area contributed by atoms with Crippen LogP contribution < -0.4 is 5.32 Å². The number of nitrogens with one attached hydrogen (secondary N) is 1. The van der Waals surface area contributed by atoms with Crippen LogP contribution in [-0.4, -0.2) is 60.5 Å². The van der Waals surface area contributed by atoms with Crippen molar-refractivity contribution in [1.82, 2.24) is 15.1 Å². The lowest BCUT2D eigenvalue weighted by molar-refractivity contribution is -0.142. The summed E-state index contributed by atoms with van der Waals surface area (Å²) >= 11 is 0. The van der Waals surface area contributed by atoms with Gasteiger partial charge in [-0.15, -0.1) is 0 Å². The number of amides is 1. The van der Waals surface area contributed by atoms with Gasteiger partial charge in [0.25, 0.3) is 0 Å². The number of hydrogen-bond acceptors (Lipinski definition) is 3. The molecule has 4 atom stereocenters. The Balaban J connectivity index is 1.65. The average Bonchev–Trinajstić information content (AvgIpc) is 2.84. The lowest BCUT2D eigenvalue weighted by Crippen LogP contribution is -2.59. The number of nitrogens with zero attached hydrogens (tertiary/aromatic N) is 2. The summed E-state index contributed by atoms with van der Waals surface area (Å²) in [5.41, 5.74) is 0. The molecule has 0 saturated carbocycles. The van der Waals surface area contributed by atoms with E-state index in [0.29, 0.717) is 23.9 Å². The van der Waals surface area contributed by atoms with Crippen molar-refractivity contribution < 1.29 is 4.79 Å². The van der Waals surface area contributed by atoms with Crippen molar-refractivity contribution in [2.45, 2.75) is 45.2 Å². The van der Waals surface area contributed by atoms with E-state index in [1.165, 1.54) is 19.4 Å². The zero-order chi connectivity index (χ0) is 13.4. The zero-order valence-corrected chi connectivity index (χ0v) is 12.3. The van der Waals surface area contributed by atoms with Crippen LogP contribution in [0, 0.1) is 11.8 Å². The van der Waals surface area contributed by atoms with Gasteiger partial charge in [-0.1, -0.05) is 6.92 Å². The van der Waals surface area contributed by atoms with Gasteiger partial charge in [-0.3, -0.25) is 9.69 Å². The van der Waals surface area contributed by atoms with Crippen molar-refractivity contribution in [3.63, 3.8) is 0 Å². The molecule has 4 heteroatoms. The Labute approximate surface area is 116 Å². The lowest BCUT2D eigenvalue weighted by Gasteiger charge is -2.44. The molecule has 1 amide bonds. The van der Waals surface area contributed by atoms with Gasteiger partial charge in [-0.05, 0) is 45.2 Å². The van der Waals surface area contributed by atoms with Crippen LogP contribution in [0.25, 0.3) is 0 Å². The molecule has 4 nitrogen and oxygen atoms in total. The van der Waals surface area contributed by atoms with E-state index < -0.39 is 0 Å². The summed E-state index contributed by atoms with van der Waals surface area (Å²) < 4.78 is 0. The first kappa shape index (κ1) is 13.4. The van der Waals surface area contributed by atoms with Gasteiger partial charge >= 0.3 is 0 Å². The number of piperidine rings is 1. The molecule has 3 saturated heterocycles. The van der Waals surface area contributed by atoms with E-state index >= 15 is 0 Å². The van der Waals surface area contributed by atoms with Crippen LogP contribution in [0.4, 0.5) is 0 Å². The second kappa shape index (κ2) is 5.41. The largest absolute Gasteiger partial charge is 0.337 e. The van der Waals surface area contributed by atoms with E-state index in [1.54, 1.807) is 0 Å². The third-order valence-corrected chi connectivity index (χ3v) is 5.14. The van der Waals surface area contributed by atoms with Crippen LogP contribution in [0.15, 0.2) is 0 Å². The van der Waals surface area contributed by atoms with Crippen molar-refractivity contribution in [1.29, 1.82) is 0 Å². The summed E-state index contributed by atoms with van der Waals surface area (Å²) in [6, 6.07) is 1.02. The Kier molecular flexibility index (Phi) is 3.81. The summed E-state index contributed by atoms with van der Waals surface area (Å²) in [6.07, 6.45) is 3.64. The summed E-state index contributed by atoms with van der Waals surface area (Å²) in [5.74, 6) is 1.24. The molecule has 3 aliphatic rings. The predicted octanol–water partition coefficient (Wildman–Crippen LogP) is 0.927. The molecule has 0 aromatic carbocycles. The second-order valence-electron chi connectivity index (χ2n) is 6.83. The topological polar surface area (TPSA) is 35.6 Å². The maximum Gasteiger partial charge on any atom is 0.227 e. The maximum atomic E-state index is 12.8. The van der Waals surface area contributed by atoms with Gasteiger partial charge in [0.15, 0.2) is 0 Å². The number of rotatable bonds is 1. The van der Waals surface area contributed by atoms with E-state index in [4.69, 9.17) is 0 Å². The van der Waals surface area contributed by atoms with E-state index in [0.717, 1.165) is 32.6 Å². The highest BCUT2D eigenvalue weighted by Gasteiger charge is 2.39. The fourth-order valence-electron chi connectivity index (χ4n) is 4.07. The molecular weight excluding hydrogens is 238 g/mol. The number of carbonyl (C=O) groups is 1. The van der Waals surface area contributed by atoms with Crippen LogP contribution in [-0.2, 0) is 4.79 Å². The van der Waals surface area contributed by atoms with Crippen LogP contribution in [0.2, 0.25) is 0 Å². The number of carbonyl (C=O) groups excluding carboxylic acids is 1. The third kappa shape index (κ3) is 2.65. The van der Waals surface area contributed by atoms with Crippen molar-refractivity contribution in [3.05, 3.63) is 0 Å². The Bertz CT molecular complexity index is 346. The van der Waals surface area contributed by atoms with Gasteiger partial charge < -0.3 is 10.2 Å². The highest BCUT2D eigenvalue weighted by molar-refractivity contribution is 5.79. The molecule has 0 bridgehead atoms. The molecule has 3 heterocycles. The van der Waals surface area contributed by atoms with E-state index in [9.17, 15) is 4.79 Å². The minimum Gasteiger partial charge on any atom is -0.337 e. The molecule has 19 heavy (non-hydrogen) atoms. The molecule has 3 aliphatic heterocycles. The van der Waals surface area contributed by atoms with E-state index in [1.807, 2.05) is 0 Å². The Morgan fingerprint density at radius 2 is 2.05 bits per heavy atom. The second-order valence-corrected chi connectivity index (χ2v) is 6.83. The smallest absolute Gasteiger partial charge is 0.227 e. The molecule has 0 radical (unpaired) electrons. The molecule has 108 valence electrons. The van der Waals surface area contributed by atoms with Crippen LogP contribution in [0.1, 0.15) is 33.1 Å². The Hall–Kier alpha value is -0.610. The maximum absolute atomic E-state index is 12.8. The standard InChI is InChI=1S/C15H27N3O/c1-11-6-13(8-16-7-11)15(19)18-10-14-4-3-5-17(14)9-12(18)2/h11-14,16H,3-10H2,1-2H3. The summed E-state index contributed by atoms with van der Waals surface area (Å²) in [6.45, 7) is 9.67. The van der Waals surface area contributed by atoms with Gasteiger partial charge in [0.2, 0.25) is 5.91 Å². The first-order valence-corrected chi connectivity index (χ1v) is 7.90.